The van der Waals surface area contributed by atoms with Crippen molar-refractivity contribution in [2.24, 2.45) is 4.99 Å². The second kappa shape index (κ2) is 10.8. The summed E-state index contributed by atoms with van der Waals surface area (Å²) in [5.41, 5.74) is 0. The maximum atomic E-state index is 5.93. The Bertz CT molecular complexity index is 539. The minimum atomic E-state index is -0.0337. The van der Waals surface area contributed by atoms with Crippen LogP contribution in [0.1, 0.15) is 6.42 Å². The predicted molar refractivity (Wildman–Crippen MR) is 99.7 cm³/mol. The van der Waals surface area contributed by atoms with Crippen LogP contribution in [0, 0.1) is 0 Å². The molecule has 1 aliphatic heterocycles. The predicted octanol–water partition coefficient (Wildman–Crippen LogP) is 0.960. The van der Waals surface area contributed by atoms with Gasteiger partial charge in [-0.3, -0.25) is 4.99 Å². The lowest BCUT2D eigenvalue weighted by Crippen LogP contribution is -2.45. The largest absolute Gasteiger partial charge is 0.486 e. The van der Waals surface area contributed by atoms with E-state index in [1.165, 1.54) is 0 Å². The number of aliphatic imine (C=N–C) groups is 1. The van der Waals surface area contributed by atoms with Crippen LogP contribution in [-0.4, -0.2) is 77.6 Å². The highest BCUT2D eigenvalue weighted by molar-refractivity contribution is 5.79. The van der Waals surface area contributed by atoms with Gasteiger partial charge in [-0.15, -0.1) is 0 Å². The summed E-state index contributed by atoms with van der Waals surface area (Å²) in [6, 6.07) is 7.74. The van der Waals surface area contributed by atoms with Gasteiger partial charge in [-0.25, -0.2) is 0 Å². The summed E-state index contributed by atoms with van der Waals surface area (Å²) in [5, 5.41) is 6.62. The number of benzene rings is 1. The van der Waals surface area contributed by atoms with Crippen molar-refractivity contribution < 1.29 is 14.2 Å². The van der Waals surface area contributed by atoms with Gasteiger partial charge in [-0.05, 0) is 32.1 Å². The van der Waals surface area contributed by atoms with Crippen LogP contribution in [0.2, 0.25) is 0 Å². The van der Waals surface area contributed by atoms with Crippen LogP contribution >= 0.6 is 0 Å². The summed E-state index contributed by atoms with van der Waals surface area (Å²) >= 11 is 0. The zero-order valence-electron chi connectivity index (χ0n) is 15.5. The number of hydrogen-bond donors (Lipinski definition) is 2. The monoisotopic (exact) mass is 350 g/mol. The molecule has 1 aromatic rings. The van der Waals surface area contributed by atoms with Gasteiger partial charge in [0.05, 0.1) is 13.2 Å². The van der Waals surface area contributed by atoms with Crippen molar-refractivity contribution in [3.63, 3.8) is 0 Å². The Kier molecular flexibility index (Phi) is 8.34. The summed E-state index contributed by atoms with van der Waals surface area (Å²) in [6.07, 6.45) is 1.01. The molecular weight excluding hydrogens is 320 g/mol. The molecule has 1 aromatic carbocycles. The van der Waals surface area contributed by atoms with Crippen LogP contribution in [-0.2, 0) is 4.74 Å². The number of hydrogen-bond acceptors (Lipinski definition) is 5. The third-order valence-electron chi connectivity index (χ3n) is 3.97. The standard InChI is InChI=1S/C18H30N4O3/c1-19-18(20-9-6-10-22(2)11-12-23-3)21-13-15-14-24-16-7-4-5-8-17(16)25-15/h4-5,7-8,15H,6,9-14H2,1-3H3,(H2,19,20,21). The molecule has 0 saturated carbocycles. The van der Waals surface area contributed by atoms with E-state index in [1.54, 1.807) is 14.2 Å². The first-order chi connectivity index (χ1) is 12.2. The molecule has 0 radical (unpaired) electrons. The van der Waals surface area contributed by atoms with Crippen LogP contribution in [0.5, 0.6) is 11.5 Å². The molecule has 1 aliphatic rings. The number of nitrogens with zero attached hydrogens (tertiary/aromatic N) is 2. The zero-order valence-corrected chi connectivity index (χ0v) is 15.5. The lowest BCUT2D eigenvalue weighted by molar-refractivity contribution is 0.0936. The number of fused-ring (bicyclic) bond motifs is 1. The van der Waals surface area contributed by atoms with Gasteiger partial charge in [0.25, 0.3) is 0 Å². The quantitative estimate of drug-likeness (QED) is 0.393. The number of nitrogens with one attached hydrogen (secondary N) is 2. The van der Waals surface area contributed by atoms with E-state index in [9.17, 15) is 0 Å². The molecule has 0 fully saturated rings. The van der Waals surface area contributed by atoms with Crippen molar-refractivity contribution in [1.29, 1.82) is 0 Å². The highest BCUT2D eigenvalue weighted by Gasteiger charge is 2.20. The fourth-order valence-electron chi connectivity index (χ4n) is 2.51. The third-order valence-corrected chi connectivity index (χ3v) is 3.97. The van der Waals surface area contributed by atoms with Crippen molar-refractivity contribution in [2.75, 3.05) is 60.6 Å². The van der Waals surface area contributed by atoms with E-state index in [4.69, 9.17) is 14.2 Å². The summed E-state index contributed by atoms with van der Waals surface area (Å²) in [4.78, 5) is 6.50. The van der Waals surface area contributed by atoms with Gasteiger partial charge in [0.2, 0.25) is 0 Å². The maximum Gasteiger partial charge on any atom is 0.191 e. The Hall–Kier alpha value is -1.99. The fourth-order valence-corrected chi connectivity index (χ4v) is 2.51. The summed E-state index contributed by atoms with van der Waals surface area (Å²) < 4.78 is 16.7. The fraction of sp³-hybridized carbons (Fsp3) is 0.611. The first kappa shape index (κ1) is 19.3. The zero-order chi connectivity index (χ0) is 17.9. The van der Waals surface area contributed by atoms with Crippen LogP contribution in [0.4, 0.5) is 0 Å². The van der Waals surface area contributed by atoms with Gasteiger partial charge in [0.1, 0.15) is 12.7 Å². The Morgan fingerprint density at radius 1 is 1.28 bits per heavy atom. The second-order valence-electron chi connectivity index (χ2n) is 6.03. The maximum absolute atomic E-state index is 5.93. The number of guanidine groups is 1. The molecule has 1 unspecified atom stereocenters. The molecule has 1 heterocycles. The molecule has 0 saturated heterocycles. The average molecular weight is 350 g/mol. The van der Waals surface area contributed by atoms with E-state index in [0.717, 1.165) is 50.1 Å². The van der Waals surface area contributed by atoms with Crippen LogP contribution < -0.4 is 20.1 Å². The molecule has 0 aliphatic carbocycles. The first-order valence-electron chi connectivity index (χ1n) is 8.73. The van der Waals surface area contributed by atoms with Crippen LogP contribution in [0.3, 0.4) is 0 Å². The van der Waals surface area contributed by atoms with Crippen molar-refractivity contribution in [2.45, 2.75) is 12.5 Å². The van der Waals surface area contributed by atoms with Gasteiger partial charge >= 0.3 is 0 Å². The Morgan fingerprint density at radius 2 is 2.08 bits per heavy atom. The second-order valence-corrected chi connectivity index (χ2v) is 6.03. The Labute approximate surface area is 150 Å². The van der Waals surface area contributed by atoms with E-state index in [2.05, 4.69) is 27.6 Å². The molecule has 7 heteroatoms. The highest BCUT2D eigenvalue weighted by atomic mass is 16.6. The van der Waals surface area contributed by atoms with E-state index < -0.39 is 0 Å². The lowest BCUT2D eigenvalue weighted by Gasteiger charge is -2.27. The number of ether oxygens (including phenoxy) is 3. The molecule has 2 N–H and O–H groups in total. The molecule has 25 heavy (non-hydrogen) atoms. The van der Waals surface area contributed by atoms with Gasteiger partial charge in [-0.1, -0.05) is 12.1 Å². The van der Waals surface area contributed by atoms with E-state index >= 15 is 0 Å². The van der Waals surface area contributed by atoms with Crippen LogP contribution in [0.25, 0.3) is 0 Å². The first-order valence-corrected chi connectivity index (χ1v) is 8.73. The molecule has 0 aromatic heterocycles. The minimum absolute atomic E-state index is 0.0337. The molecule has 2 rings (SSSR count). The molecule has 0 spiro atoms. The number of para-hydroxylation sites is 2. The van der Waals surface area contributed by atoms with E-state index in [-0.39, 0.29) is 6.10 Å². The number of methoxy groups -OCH3 is 1. The van der Waals surface area contributed by atoms with E-state index in [1.807, 2.05) is 24.3 Å². The third kappa shape index (κ3) is 6.80. The Morgan fingerprint density at radius 3 is 2.84 bits per heavy atom. The van der Waals surface area contributed by atoms with Gasteiger partial charge in [-0.2, -0.15) is 0 Å². The van der Waals surface area contributed by atoms with Gasteiger partial charge < -0.3 is 29.7 Å². The highest BCUT2D eigenvalue weighted by Crippen LogP contribution is 2.30. The number of likely N-dealkylation sites (N-methyl/N-ethyl adjacent to an activating group) is 1. The average Bonchev–Trinajstić information content (AvgIpc) is 2.65. The molecular formula is C18H30N4O3. The van der Waals surface area contributed by atoms with E-state index in [0.29, 0.717) is 13.2 Å². The summed E-state index contributed by atoms with van der Waals surface area (Å²) in [5.74, 6) is 2.38. The van der Waals surface area contributed by atoms with Crippen molar-refractivity contribution in [3.8, 4) is 11.5 Å². The van der Waals surface area contributed by atoms with Crippen molar-refractivity contribution in [1.82, 2.24) is 15.5 Å². The number of rotatable bonds is 9. The minimum Gasteiger partial charge on any atom is -0.486 e. The van der Waals surface area contributed by atoms with Gasteiger partial charge in [0, 0.05) is 27.2 Å². The van der Waals surface area contributed by atoms with Crippen molar-refractivity contribution >= 4 is 5.96 Å². The van der Waals surface area contributed by atoms with Gasteiger partial charge in [0.15, 0.2) is 17.5 Å². The topological polar surface area (TPSA) is 67.4 Å². The molecule has 1 atom stereocenters. The molecule has 7 nitrogen and oxygen atoms in total. The summed E-state index contributed by atoms with van der Waals surface area (Å²) in [6.45, 7) is 4.77. The lowest BCUT2D eigenvalue weighted by atomic mass is 10.2. The van der Waals surface area contributed by atoms with Crippen LogP contribution in [0.15, 0.2) is 29.3 Å². The van der Waals surface area contributed by atoms with Crippen molar-refractivity contribution in [3.05, 3.63) is 24.3 Å². The smallest absolute Gasteiger partial charge is 0.191 e. The normalized spacial score (nSPS) is 16.8. The summed E-state index contributed by atoms with van der Waals surface area (Å²) in [7, 11) is 5.60. The Balaban J connectivity index is 1.62. The molecule has 0 bridgehead atoms. The SMILES string of the molecule is CN=C(NCCCN(C)CCOC)NCC1COc2ccccc2O1. The molecule has 140 valence electrons. The molecule has 0 amide bonds.